The molecule has 3 heterocycles. The fraction of sp³-hybridized carbons (Fsp3) is 0.765. The van der Waals surface area contributed by atoms with Gasteiger partial charge in [0.2, 0.25) is 0 Å². The summed E-state index contributed by atoms with van der Waals surface area (Å²) in [4.78, 5) is 5.12. The van der Waals surface area contributed by atoms with E-state index in [0.717, 1.165) is 32.1 Å². The molecular weight excluding hydrogens is 264 g/mol. The molecule has 0 radical (unpaired) electrons. The van der Waals surface area contributed by atoms with E-state index in [-0.39, 0.29) is 0 Å². The first-order chi connectivity index (χ1) is 10.3. The molecule has 4 heteroatoms. The van der Waals surface area contributed by atoms with E-state index in [4.69, 9.17) is 9.15 Å². The normalized spacial score (nSPS) is 28.8. The molecule has 0 bridgehead atoms. The smallest absolute Gasteiger partial charge is 0.117 e. The molecule has 1 aromatic heterocycles. The summed E-state index contributed by atoms with van der Waals surface area (Å²) in [6, 6.07) is 4.59. The van der Waals surface area contributed by atoms with Crippen LogP contribution < -0.4 is 0 Å². The van der Waals surface area contributed by atoms with Gasteiger partial charge in [-0.15, -0.1) is 0 Å². The molecule has 2 fully saturated rings. The predicted octanol–water partition coefficient (Wildman–Crippen LogP) is 2.60. The second-order valence-corrected chi connectivity index (χ2v) is 6.46. The van der Waals surface area contributed by atoms with Crippen LogP contribution in [0.25, 0.3) is 0 Å². The van der Waals surface area contributed by atoms with Gasteiger partial charge in [0.1, 0.15) is 5.76 Å². The minimum absolute atomic E-state index is 0.556. The third kappa shape index (κ3) is 4.09. The molecule has 0 spiro atoms. The Kier molecular flexibility index (Phi) is 5.33. The molecule has 0 aliphatic carbocycles. The molecule has 0 saturated carbocycles. The number of ether oxygens (including phenoxy) is 1. The van der Waals surface area contributed by atoms with Gasteiger partial charge in [0.05, 0.1) is 26.0 Å². The lowest BCUT2D eigenvalue weighted by molar-refractivity contribution is 0.108. The van der Waals surface area contributed by atoms with Gasteiger partial charge >= 0.3 is 0 Å². The maximum absolute atomic E-state index is 5.85. The Balaban J connectivity index is 1.54. The number of hydrogen-bond donors (Lipinski definition) is 0. The molecule has 3 rings (SSSR count). The van der Waals surface area contributed by atoms with Crippen LogP contribution in [-0.2, 0) is 11.3 Å². The van der Waals surface area contributed by atoms with Crippen LogP contribution >= 0.6 is 0 Å². The summed E-state index contributed by atoms with van der Waals surface area (Å²) in [6.45, 7) is 9.81. The molecule has 0 unspecified atom stereocenters. The van der Waals surface area contributed by atoms with Gasteiger partial charge in [-0.05, 0) is 63.9 Å². The van der Waals surface area contributed by atoms with Crippen LogP contribution in [0.1, 0.15) is 31.9 Å². The Morgan fingerprint density at radius 3 is 2.86 bits per heavy atom. The third-order valence-electron chi connectivity index (χ3n) is 5.07. The molecular formula is C17H28N2O2. The van der Waals surface area contributed by atoms with E-state index in [2.05, 4.69) is 22.8 Å². The summed E-state index contributed by atoms with van der Waals surface area (Å²) in [5.74, 6) is 1.69. The zero-order chi connectivity index (χ0) is 14.5. The van der Waals surface area contributed by atoms with Crippen molar-refractivity contribution >= 4 is 0 Å². The first kappa shape index (κ1) is 15.1. The fourth-order valence-corrected chi connectivity index (χ4v) is 3.56. The standard InChI is InChI=1S/C17H28N2O2/c1-15-16(6-9-18-7-2-3-8-18)14-20-12-10-19(15)13-17-5-4-11-21-17/h4-5,11,15-16H,2-3,6-10,12-14H2,1H3/t15-,16+/m1/s1. The van der Waals surface area contributed by atoms with Crippen LogP contribution in [0, 0.1) is 5.92 Å². The fourth-order valence-electron chi connectivity index (χ4n) is 3.56. The van der Waals surface area contributed by atoms with E-state index < -0.39 is 0 Å². The number of nitrogens with zero attached hydrogens (tertiary/aromatic N) is 2. The van der Waals surface area contributed by atoms with E-state index in [9.17, 15) is 0 Å². The molecule has 0 N–H and O–H groups in total. The lowest BCUT2D eigenvalue weighted by Gasteiger charge is -2.31. The third-order valence-corrected chi connectivity index (χ3v) is 5.07. The Hall–Kier alpha value is -0.840. The Bertz CT molecular complexity index is 401. The molecule has 21 heavy (non-hydrogen) atoms. The number of rotatable bonds is 5. The Morgan fingerprint density at radius 2 is 2.10 bits per heavy atom. The van der Waals surface area contributed by atoms with Gasteiger partial charge in [0, 0.05) is 12.6 Å². The minimum atomic E-state index is 0.556. The SMILES string of the molecule is C[C@@H]1[C@@H](CCN2CCCC2)COCCN1Cc1ccco1. The molecule has 4 nitrogen and oxygen atoms in total. The summed E-state index contributed by atoms with van der Waals surface area (Å²) in [5.41, 5.74) is 0. The van der Waals surface area contributed by atoms with Gasteiger partial charge in [-0.1, -0.05) is 0 Å². The van der Waals surface area contributed by atoms with Crippen molar-refractivity contribution in [2.24, 2.45) is 5.92 Å². The van der Waals surface area contributed by atoms with Gasteiger partial charge in [0.15, 0.2) is 0 Å². The molecule has 2 atom stereocenters. The molecule has 118 valence electrons. The van der Waals surface area contributed by atoms with E-state index in [1.807, 2.05) is 6.07 Å². The monoisotopic (exact) mass is 292 g/mol. The summed E-state index contributed by atoms with van der Waals surface area (Å²) in [7, 11) is 0. The van der Waals surface area contributed by atoms with Gasteiger partial charge in [-0.2, -0.15) is 0 Å². The van der Waals surface area contributed by atoms with Gasteiger partial charge in [-0.3, -0.25) is 4.90 Å². The summed E-state index contributed by atoms with van der Waals surface area (Å²) < 4.78 is 11.4. The van der Waals surface area contributed by atoms with Crippen LogP contribution in [-0.4, -0.2) is 55.2 Å². The highest BCUT2D eigenvalue weighted by Gasteiger charge is 2.27. The first-order valence-electron chi connectivity index (χ1n) is 8.39. The van der Waals surface area contributed by atoms with Crippen molar-refractivity contribution in [3.05, 3.63) is 24.2 Å². The molecule has 0 aromatic carbocycles. The average molecular weight is 292 g/mol. The Labute approximate surface area is 128 Å². The van der Waals surface area contributed by atoms with E-state index in [1.54, 1.807) is 6.26 Å². The quantitative estimate of drug-likeness (QED) is 0.834. The maximum atomic E-state index is 5.85. The highest BCUT2D eigenvalue weighted by molar-refractivity contribution is 4.98. The summed E-state index contributed by atoms with van der Waals surface area (Å²) >= 11 is 0. The summed E-state index contributed by atoms with van der Waals surface area (Å²) in [5, 5.41) is 0. The Morgan fingerprint density at radius 1 is 1.24 bits per heavy atom. The molecule has 2 aliphatic rings. The van der Waals surface area contributed by atoms with Crippen molar-refractivity contribution in [1.82, 2.24) is 9.80 Å². The van der Waals surface area contributed by atoms with Crippen LogP contribution in [0.15, 0.2) is 22.8 Å². The van der Waals surface area contributed by atoms with Gasteiger partial charge < -0.3 is 14.1 Å². The predicted molar refractivity (Wildman–Crippen MR) is 83.2 cm³/mol. The van der Waals surface area contributed by atoms with Crippen LogP contribution in [0.3, 0.4) is 0 Å². The number of furan rings is 1. The van der Waals surface area contributed by atoms with E-state index >= 15 is 0 Å². The average Bonchev–Trinajstić information content (AvgIpc) is 3.15. The molecule has 1 aromatic rings. The van der Waals surface area contributed by atoms with Crippen molar-refractivity contribution in [2.75, 3.05) is 39.4 Å². The highest BCUT2D eigenvalue weighted by Crippen LogP contribution is 2.22. The van der Waals surface area contributed by atoms with Gasteiger partial charge in [0.25, 0.3) is 0 Å². The minimum Gasteiger partial charge on any atom is -0.468 e. The zero-order valence-corrected chi connectivity index (χ0v) is 13.2. The highest BCUT2D eigenvalue weighted by atomic mass is 16.5. The zero-order valence-electron chi connectivity index (χ0n) is 13.2. The number of likely N-dealkylation sites (tertiary alicyclic amines) is 1. The van der Waals surface area contributed by atoms with Crippen molar-refractivity contribution in [1.29, 1.82) is 0 Å². The van der Waals surface area contributed by atoms with E-state index in [0.29, 0.717) is 12.0 Å². The largest absolute Gasteiger partial charge is 0.468 e. The second kappa shape index (κ2) is 7.43. The van der Waals surface area contributed by atoms with Crippen LogP contribution in [0.2, 0.25) is 0 Å². The molecule has 2 saturated heterocycles. The second-order valence-electron chi connectivity index (χ2n) is 6.46. The van der Waals surface area contributed by atoms with Crippen molar-refractivity contribution in [3.8, 4) is 0 Å². The van der Waals surface area contributed by atoms with Gasteiger partial charge in [-0.25, -0.2) is 0 Å². The van der Waals surface area contributed by atoms with E-state index in [1.165, 1.54) is 38.9 Å². The topological polar surface area (TPSA) is 28.9 Å². The lowest BCUT2D eigenvalue weighted by Crippen LogP contribution is -2.39. The maximum Gasteiger partial charge on any atom is 0.117 e. The first-order valence-corrected chi connectivity index (χ1v) is 8.39. The molecule has 0 amide bonds. The lowest BCUT2D eigenvalue weighted by atomic mass is 9.96. The molecule has 2 aliphatic heterocycles. The van der Waals surface area contributed by atoms with Crippen molar-refractivity contribution in [3.63, 3.8) is 0 Å². The van der Waals surface area contributed by atoms with Crippen LogP contribution in [0.5, 0.6) is 0 Å². The summed E-state index contributed by atoms with van der Waals surface area (Å²) in [6.07, 6.45) is 5.76. The number of hydrogen-bond acceptors (Lipinski definition) is 4. The van der Waals surface area contributed by atoms with Crippen LogP contribution in [0.4, 0.5) is 0 Å². The van der Waals surface area contributed by atoms with Crippen molar-refractivity contribution in [2.45, 2.75) is 38.8 Å². The van der Waals surface area contributed by atoms with Crippen molar-refractivity contribution < 1.29 is 9.15 Å².